The number of aryl methyl sites for hydroxylation is 1. The molecule has 3 rings (SSSR count). The van der Waals surface area contributed by atoms with E-state index in [0.29, 0.717) is 0 Å². The van der Waals surface area contributed by atoms with Gasteiger partial charge in [0.15, 0.2) is 0 Å². The molecular formula is C33H52N3S+. The lowest BCUT2D eigenvalue weighted by molar-refractivity contribution is -0.395. The summed E-state index contributed by atoms with van der Waals surface area (Å²) in [4.78, 5) is 4.73. The fourth-order valence-electron chi connectivity index (χ4n) is 5.28. The molecule has 0 radical (unpaired) electrons. The number of fused-ring (bicyclic) bond motifs is 2. The van der Waals surface area contributed by atoms with Crippen molar-refractivity contribution in [3.8, 4) is 0 Å². The normalized spacial score (nSPS) is 12.1. The third-order valence-corrected chi connectivity index (χ3v) is 8.73. The monoisotopic (exact) mass is 522 g/mol. The fourth-order valence-corrected chi connectivity index (χ4v) is 6.31. The van der Waals surface area contributed by atoms with E-state index in [4.69, 9.17) is 0 Å². The molecule has 37 heavy (non-hydrogen) atoms. The highest BCUT2D eigenvalue weighted by atomic mass is 32.2. The highest BCUT2D eigenvalue weighted by Crippen LogP contribution is 2.47. The molecule has 1 aliphatic rings. The van der Waals surface area contributed by atoms with Gasteiger partial charge in [0, 0.05) is 41.2 Å². The first kappa shape index (κ1) is 29.6. The molecule has 1 heterocycles. The van der Waals surface area contributed by atoms with Crippen LogP contribution in [-0.4, -0.2) is 32.4 Å². The summed E-state index contributed by atoms with van der Waals surface area (Å²) in [6.07, 6.45) is 22.2. The molecule has 0 atom stereocenters. The number of nitrogens with zero attached hydrogens (tertiary/aromatic N) is 2. The fraction of sp³-hybridized carbons (Fsp3) is 0.606. The maximum absolute atomic E-state index is 4.22. The Kier molecular flexibility index (Phi) is 12.9. The van der Waals surface area contributed by atoms with Gasteiger partial charge >= 0.3 is 0 Å². The van der Waals surface area contributed by atoms with Crippen molar-refractivity contribution in [1.82, 2.24) is 0 Å². The van der Waals surface area contributed by atoms with Gasteiger partial charge in [0.2, 0.25) is 5.69 Å². The smallest absolute Gasteiger partial charge is 0.208 e. The van der Waals surface area contributed by atoms with E-state index < -0.39 is 0 Å². The van der Waals surface area contributed by atoms with Gasteiger partial charge in [0.25, 0.3) is 0 Å². The maximum Gasteiger partial charge on any atom is 0.208 e. The Morgan fingerprint density at radius 1 is 0.730 bits per heavy atom. The zero-order valence-corrected chi connectivity index (χ0v) is 25.0. The number of hydrogen-bond acceptors (Lipinski definition) is 3. The van der Waals surface area contributed by atoms with E-state index in [-0.39, 0.29) is 0 Å². The molecule has 0 fully saturated rings. The van der Waals surface area contributed by atoms with E-state index in [1.807, 2.05) is 16.3 Å². The second-order valence-corrected chi connectivity index (χ2v) is 12.3. The number of anilines is 3. The molecule has 1 aliphatic heterocycles. The molecule has 0 spiro atoms. The van der Waals surface area contributed by atoms with E-state index in [1.54, 1.807) is 0 Å². The lowest BCUT2D eigenvalue weighted by atomic mass is 10.0. The Labute approximate surface area is 232 Å². The van der Waals surface area contributed by atoms with Gasteiger partial charge in [-0.15, -0.1) is 0 Å². The molecule has 1 N–H and O–H groups in total. The molecule has 0 saturated carbocycles. The summed E-state index contributed by atoms with van der Waals surface area (Å²) in [5, 5.41) is 3.69. The number of nitrogens with one attached hydrogen (secondary N) is 1. The van der Waals surface area contributed by atoms with Gasteiger partial charge in [-0.05, 0) is 37.1 Å². The van der Waals surface area contributed by atoms with Gasteiger partial charge in [0.05, 0.1) is 11.4 Å². The van der Waals surface area contributed by atoms with Crippen molar-refractivity contribution in [3.63, 3.8) is 0 Å². The third kappa shape index (κ3) is 9.71. The Morgan fingerprint density at radius 3 is 1.81 bits per heavy atom. The Bertz CT molecular complexity index is 982. The van der Waals surface area contributed by atoms with Crippen molar-refractivity contribution in [2.75, 3.05) is 31.4 Å². The van der Waals surface area contributed by atoms with E-state index in [1.165, 1.54) is 134 Å². The Balaban J connectivity index is 1.36. The average molecular weight is 523 g/mol. The first-order chi connectivity index (χ1) is 18.0. The lowest BCUT2D eigenvalue weighted by Crippen LogP contribution is -2.10. The van der Waals surface area contributed by atoms with Crippen LogP contribution in [-0.2, 0) is 6.42 Å². The highest BCUT2D eigenvalue weighted by Gasteiger charge is 2.21. The van der Waals surface area contributed by atoms with Crippen LogP contribution >= 0.6 is 11.8 Å². The van der Waals surface area contributed by atoms with E-state index >= 15 is 0 Å². The van der Waals surface area contributed by atoms with Gasteiger partial charge < -0.3 is 10.2 Å². The topological polar surface area (TPSA) is 18.3 Å². The predicted molar refractivity (Wildman–Crippen MR) is 166 cm³/mol. The Hall–Kier alpha value is -1.94. The first-order valence-corrected chi connectivity index (χ1v) is 15.8. The van der Waals surface area contributed by atoms with Crippen molar-refractivity contribution in [2.45, 2.75) is 119 Å². The summed E-state index contributed by atoms with van der Waals surface area (Å²) in [6.45, 7) is 6.51. The molecule has 2 aromatic carbocycles. The van der Waals surface area contributed by atoms with Crippen LogP contribution < -0.4 is 10.2 Å². The van der Waals surface area contributed by atoms with Crippen LogP contribution in [0, 0.1) is 0 Å². The zero-order chi connectivity index (χ0) is 26.5. The number of benzene rings is 2. The van der Waals surface area contributed by atoms with Crippen LogP contribution in [0.15, 0.2) is 40.1 Å². The minimum absolute atomic E-state index is 1.12. The van der Waals surface area contributed by atoms with Crippen molar-refractivity contribution in [2.24, 2.45) is 0 Å². The van der Waals surface area contributed by atoms with Crippen molar-refractivity contribution < 1.29 is 4.58 Å². The maximum atomic E-state index is 4.22. The second kappa shape index (κ2) is 16.1. The summed E-state index contributed by atoms with van der Waals surface area (Å²) in [6, 6.07) is 11.4. The molecule has 204 valence electrons. The summed E-state index contributed by atoms with van der Waals surface area (Å²) in [5.74, 6) is 0. The van der Waals surface area contributed by atoms with Gasteiger partial charge in [0.1, 0.15) is 13.8 Å². The van der Waals surface area contributed by atoms with E-state index in [2.05, 4.69) is 75.3 Å². The van der Waals surface area contributed by atoms with Gasteiger partial charge in [-0.2, -0.15) is 0 Å². The van der Waals surface area contributed by atoms with Crippen LogP contribution in [0.2, 0.25) is 0 Å². The average Bonchev–Trinajstić information content (AvgIpc) is 2.88. The van der Waals surface area contributed by atoms with Gasteiger partial charge in [-0.25, -0.2) is 4.58 Å². The summed E-state index contributed by atoms with van der Waals surface area (Å²) >= 11 is 1.86. The highest BCUT2D eigenvalue weighted by molar-refractivity contribution is 7.99. The summed E-state index contributed by atoms with van der Waals surface area (Å²) < 4.78 is 2.03. The molecule has 3 nitrogen and oxygen atoms in total. The first-order valence-electron chi connectivity index (χ1n) is 15.0. The third-order valence-electron chi connectivity index (χ3n) is 7.61. The van der Waals surface area contributed by atoms with Crippen LogP contribution in [0.1, 0.15) is 109 Å². The molecule has 0 aliphatic carbocycles. The van der Waals surface area contributed by atoms with Crippen LogP contribution in [0.3, 0.4) is 0 Å². The van der Waals surface area contributed by atoms with Crippen LogP contribution in [0.5, 0.6) is 0 Å². The van der Waals surface area contributed by atoms with Crippen molar-refractivity contribution in [1.29, 1.82) is 0 Å². The number of hydrogen-bond donors (Lipinski definition) is 1. The lowest BCUT2D eigenvalue weighted by Gasteiger charge is -2.24. The molecule has 0 amide bonds. The van der Waals surface area contributed by atoms with Gasteiger partial charge in [-0.1, -0.05) is 109 Å². The molecule has 0 bridgehead atoms. The zero-order valence-electron chi connectivity index (χ0n) is 24.2. The summed E-state index contributed by atoms with van der Waals surface area (Å²) in [5.41, 5.74) is 6.34. The van der Waals surface area contributed by atoms with Crippen molar-refractivity contribution in [3.05, 3.63) is 35.9 Å². The quantitative estimate of drug-likeness (QED) is 0.102. The number of unbranched alkanes of at least 4 members (excludes halogenated alkanes) is 14. The Morgan fingerprint density at radius 2 is 1.27 bits per heavy atom. The molecule has 2 aromatic rings. The standard InChI is InChI=1S/C33H52N3S/c1-6-7-8-9-10-11-12-13-14-15-16-17-18-19-20-21-27-24-30-33(26-31(27)36(4)5)37-32-25-28(35(2)3)22-23-29(32)34-30/h22-26,34H,4,6-21H2,1-3,5H3/q+1. The molecule has 4 heteroatoms. The number of rotatable bonds is 18. The minimum atomic E-state index is 1.12. The molecule has 0 aromatic heterocycles. The molecule has 0 saturated heterocycles. The van der Waals surface area contributed by atoms with E-state index in [9.17, 15) is 0 Å². The van der Waals surface area contributed by atoms with Gasteiger partial charge in [-0.3, -0.25) is 0 Å². The SMILES string of the molecule is C=[N+](C)c1cc2c(cc1CCCCCCCCCCCCCCCCC)Nc1ccc(N(C)C)cc1S2. The molecular weight excluding hydrogens is 470 g/mol. The van der Waals surface area contributed by atoms with Crippen molar-refractivity contribution >= 4 is 41.2 Å². The predicted octanol–water partition coefficient (Wildman–Crippen LogP) is 10.3. The van der Waals surface area contributed by atoms with E-state index in [0.717, 1.165) is 6.42 Å². The second-order valence-electron chi connectivity index (χ2n) is 11.2. The largest absolute Gasteiger partial charge is 0.378 e. The van der Waals surface area contributed by atoms with Crippen LogP contribution in [0.4, 0.5) is 22.7 Å². The summed E-state index contributed by atoms with van der Waals surface area (Å²) in [7, 11) is 6.25. The van der Waals surface area contributed by atoms with Crippen LogP contribution in [0.25, 0.3) is 0 Å². The molecule has 0 unspecified atom stereocenters. The minimum Gasteiger partial charge on any atom is -0.378 e.